The first-order valence-corrected chi connectivity index (χ1v) is 7.13. The Morgan fingerprint density at radius 2 is 2.30 bits per heavy atom. The van der Waals surface area contributed by atoms with Gasteiger partial charge in [-0.05, 0) is 31.4 Å². The highest BCUT2D eigenvalue weighted by molar-refractivity contribution is 5.62. The number of halogens is 1. The van der Waals surface area contributed by atoms with Crippen LogP contribution in [-0.2, 0) is 4.74 Å². The molecule has 1 aromatic rings. The summed E-state index contributed by atoms with van der Waals surface area (Å²) in [5.74, 6) is -0.445. The van der Waals surface area contributed by atoms with E-state index in [4.69, 9.17) is 4.74 Å². The van der Waals surface area contributed by atoms with Crippen molar-refractivity contribution in [1.82, 2.24) is 0 Å². The van der Waals surface area contributed by atoms with Gasteiger partial charge in [-0.15, -0.1) is 0 Å². The van der Waals surface area contributed by atoms with Crippen molar-refractivity contribution in [3.63, 3.8) is 0 Å². The van der Waals surface area contributed by atoms with E-state index in [9.17, 15) is 9.65 Å². The minimum Gasteiger partial charge on any atom is -0.382 e. The highest BCUT2D eigenvalue weighted by Gasteiger charge is 2.41. The second-order valence-electron chi connectivity index (χ2n) is 5.41. The Balaban J connectivity index is 2.45. The summed E-state index contributed by atoms with van der Waals surface area (Å²) in [5, 5.41) is 9.24. The Hall–Kier alpha value is -1.60. The molecule has 0 radical (unpaired) electrons. The largest absolute Gasteiger partial charge is 0.382 e. The summed E-state index contributed by atoms with van der Waals surface area (Å²) in [5.41, 5.74) is 0.740. The van der Waals surface area contributed by atoms with Crippen LogP contribution < -0.4 is 4.90 Å². The van der Waals surface area contributed by atoms with E-state index in [0.29, 0.717) is 12.3 Å². The normalized spacial score (nSPS) is 22.0. The highest BCUT2D eigenvalue weighted by atomic mass is 19.1. The van der Waals surface area contributed by atoms with Crippen molar-refractivity contribution in [3.8, 4) is 6.07 Å². The number of rotatable bonds is 5. The van der Waals surface area contributed by atoms with E-state index in [2.05, 4.69) is 11.8 Å². The third kappa shape index (κ3) is 2.51. The van der Waals surface area contributed by atoms with Crippen molar-refractivity contribution in [2.45, 2.75) is 38.1 Å². The molecule has 1 fully saturated rings. The minimum absolute atomic E-state index is 0.108. The molecule has 20 heavy (non-hydrogen) atoms. The number of hydrogen-bond donors (Lipinski definition) is 0. The first-order valence-electron chi connectivity index (χ1n) is 7.13. The molecule has 1 aromatic carbocycles. The molecule has 1 saturated heterocycles. The Labute approximate surface area is 120 Å². The molecule has 108 valence electrons. The van der Waals surface area contributed by atoms with Gasteiger partial charge in [-0.2, -0.15) is 5.26 Å². The van der Waals surface area contributed by atoms with Gasteiger partial charge in [0, 0.05) is 13.7 Å². The van der Waals surface area contributed by atoms with Gasteiger partial charge in [0.25, 0.3) is 0 Å². The zero-order chi connectivity index (χ0) is 14.6. The molecule has 0 saturated carbocycles. The predicted octanol–water partition coefficient (Wildman–Crippen LogP) is 3.48. The molecule has 1 atom stereocenters. The van der Waals surface area contributed by atoms with E-state index in [-0.39, 0.29) is 11.1 Å². The van der Waals surface area contributed by atoms with E-state index in [1.807, 2.05) is 12.1 Å². The van der Waals surface area contributed by atoms with Gasteiger partial charge in [-0.1, -0.05) is 19.4 Å². The lowest BCUT2D eigenvalue weighted by Gasteiger charge is -2.40. The van der Waals surface area contributed by atoms with Gasteiger partial charge in [-0.25, -0.2) is 4.39 Å². The molecule has 1 aliphatic rings. The summed E-state index contributed by atoms with van der Waals surface area (Å²) in [7, 11) is 1.70. The maximum absolute atomic E-state index is 13.8. The van der Waals surface area contributed by atoms with Crippen LogP contribution in [0.4, 0.5) is 10.1 Å². The molecule has 1 heterocycles. The predicted molar refractivity (Wildman–Crippen MR) is 77.2 cm³/mol. The average molecular weight is 276 g/mol. The Morgan fingerprint density at radius 1 is 1.50 bits per heavy atom. The lowest BCUT2D eigenvalue weighted by molar-refractivity contribution is 0.127. The van der Waals surface area contributed by atoms with Crippen LogP contribution in [-0.4, -0.2) is 25.8 Å². The quantitative estimate of drug-likeness (QED) is 0.826. The molecule has 1 aliphatic heterocycles. The fourth-order valence-corrected chi connectivity index (χ4v) is 3.38. The Morgan fingerprint density at radius 3 is 2.95 bits per heavy atom. The number of hydrogen-bond acceptors (Lipinski definition) is 3. The van der Waals surface area contributed by atoms with Gasteiger partial charge in [-0.3, -0.25) is 0 Å². The van der Waals surface area contributed by atoms with Crippen LogP contribution in [0.1, 0.15) is 38.2 Å². The van der Waals surface area contributed by atoms with Gasteiger partial charge >= 0.3 is 0 Å². The highest BCUT2D eigenvalue weighted by Crippen LogP contribution is 2.39. The topological polar surface area (TPSA) is 36.3 Å². The van der Waals surface area contributed by atoms with Crippen molar-refractivity contribution in [2.24, 2.45) is 0 Å². The molecule has 0 bridgehead atoms. The van der Waals surface area contributed by atoms with E-state index in [0.717, 1.165) is 32.2 Å². The van der Waals surface area contributed by atoms with Gasteiger partial charge in [0.2, 0.25) is 0 Å². The van der Waals surface area contributed by atoms with Crippen LogP contribution in [0, 0.1) is 17.1 Å². The minimum atomic E-state index is -0.445. The van der Waals surface area contributed by atoms with Gasteiger partial charge in [0.15, 0.2) is 0 Å². The zero-order valence-electron chi connectivity index (χ0n) is 12.2. The van der Waals surface area contributed by atoms with Crippen LogP contribution in [0.5, 0.6) is 0 Å². The SMILES string of the molecule is CCCC1(COC)CCCN1c1cccc(F)c1C#N. The molecule has 2 rings (SSSR count). The van der Waals surface area contributed by atoms with Crippen molar-refractivity contribution >= 4 is 5.69 Å². The maximum Gasteiger partial charge on any atom is 0.143 e. The van der Waals surface area contributed by atoms with Gasteiger partial charge < -0.3 is 9.64 Å². The molecule has 0 amide bonds. The number of anilines is 1. The molecule has 0 aliphatic carbocycles. The third-order valence-electron chi connectivity index (χ3n) is 4.12. The van der Waals surface area contributed by atoms with Crippen LogP contribution in [0.2, 0.25) is 0 Å². The van der Waals surface area contributed by atoms with Crippen molar-refractivity contribution < 1.29 is 9.13 Å². The first kappa shape index (κ1) is 14.8. The monoisotopic (exact) mass is 276 g/mol. The molecule has 0 N–H and O–H groups in total. The lowest BCUT2D eigenvalue weighted by atomic mass is 9.90. The van der Waals surface area contributed by atoms with Crippen LogP contribution >= 0.6 is 0 Å². The van der Waals surface area contributed by atoms with Crippen molar-refractivity contribution in [2.75, 3.05) is 25.2 Å². The van der Waals surface area contributed by atoms with Gasteiger partial charge in [0.1, 0.15) is 17.4 Å². The van der Waals surface area contributed by atoms with Crippen molar-refractivity contribution in [3.05, 3.63) is 29.6 Å². The second-order valence-corrected chi connectivity index (χ2v) is 5.41. The molecule has 1 unspecified atom stereocenters. The van der Waals surface area contributed by atoms with Crippen LogP contribution in [0.25, 0.3) is 0 Å². The average Bonchev–Trinajstić information content (AvgIpc) is 2.82. The molecule has 4 heteroatoms. The van der Waals surface area contributed by atoms with E-state index >= 15 is 0 Å². The summed E-state index contributed by atoms with van der Waals surface area (Å²) in [6.07, 6.45) is 4.10. The van der Waals surface area contributed by atoms with Gasteiger partial charge in [0.05, 0.1) is 17.8 Å². The zero-order valence-corrected chi connectivity index (χ0v) is 12.2. The summed E-state index contributed by atoms with van der Waals surface area (Å²) in [6, 6.07) is 6.86. The molecular formula is C16H21FN2O. The Kier molecular flexibility index (Phi) is 4.61. The fraction of sp³-hybridized carbons (Fsp3) is 0.562. The summed E-state index contributed by atoms with van der Waals surface area (Å²) in [6.45, 7) is 3.61. The molecule has 0 spiro atoms. The van der Waals surface area contributed by atoms with E-state index in [1.54, 1.807) is 13.2 Å². The van der Waals surface area contributed by atoms with E-state index < -0.39 is 5.82 Å². The summed E-state index contributed by atoms with van der Waals surface area (Å²) >= 11 is 0. The number of ether oxygens (including phenoxy) is 1. The molecule has 3 nitrogen and oxygen atoms in total. The summed E-state index contributed by atoms with van der Waals surface area (Å²) in [4.78, 5) is 2.18. The Bertz CT molecular complexity index is 504. The second kappa shape index (κ2) is 6.23. The summed E-state index contributed by atoms with van der Waals surface area (Å²) < 4.78 is 19.3. The fourth-order valence-electron chi connectivity index (χ4n) is 3.38. The van der Waals surface area contributed by atoms with E-state index in [1.165, 1.54) is 6.07 Å². The van der Waals surface area contributed by atoms with Crippen molar-refractivity contribution in [1.29, 1.82) is 5.26 Å². The molecule has 0 aromatic heterocycles. The molecular weight excluding hydrogens is 255 g/mol. The standard InChI is InChI=1S/C16H21FN2O/c1-3-8-16(12-20-2)9-5-10-19(16)15-7-4-6-14(17)13(15)11-18/h4,6-7H,3,5,8-10,12H2,1-2H3. The number of methoxy groups -OCH3 is 1. The first-order chi connectivity index (χ1) is 9.68. The smallest absolute Gasteiger partial charge is 0.143 e. The maximum atomic E-state index is 13.8. The number of nitrogens with zero attached hydrogens (tertiary/aromatic N) is 2. The van der Waals surface area contributed by atoms with Crippen LogP contribution in [0.3, 0.4) is 0 Å². The third-order valence-corrected chi connectivity index (χ3v) is 4.12. The van der Waals surface area contributed by atoms with Crippen LogP contribution in [0.15, 0.2) is 18.2 Å². The number of nitriles is 1. The number of benzene rings is 1. The lowest BCUT2D eigenvalue weighted by Crippen LogP contribution is -2.48.